The van der Waals surface area contributed by atoms with E-state index in [0.717, 1.165) is 4.31 Å². The zero-order valence-electron chi connectivity index (χ0n) is 14.1. The quantitative estimate of drug-likeness (QED) is 0.537. The molecule has 1 aliphatic heterocycles. The first-order valence-corrected chi connectivity index (χ1v) is 9.44. The van der Waals surface area contributed by atoms with Crippen LogP contribution in [-0.4, -0.2) is 53.1 Å². The summed E-state index contributed by atoms with van der Waals surface area (Å²) in [5.41, 5.74) is 2.43. The number of ether oxygens (including phenoxy) is 1. The molecule has 1 unspecified atom stereocenters. The highest BCUT2D eigenvalue weighted by molar-refractivity contribution is 7.89. The van der Waals surface area contributed by atoms with Crippen molar-refractivity contribution in [3.63, 3.8) is 0 Å². The number of amides is 1. The van der Waals surface area contributed by atoms with Gasteiger partial charge in [-0.1, -0.05) is 0 Å². The number of carbonyl (C=O) groups excluding carboxylic acids is 1. The van der Waals surface area contributed by atoms with Gasteiger partial charge in [0.2, 0.25) is 10.0 Å². The van der Waals surface area contributed by atoms with Crippen LogP contribution in [0.15, 0.2) is 41.6 Å². The van der Waals surface area contributed by atoms with E-state index in [4.69, 9.17) is 9.94 Å². The van der Waals surface area contributed by atoms with Crippen molar-refractivity contribution in [1.29, 1.82) is 0 Å². The average molecular weight is 396 g/mol. The van der Waals surface area contributed by atoms with Gasteiger partial charge in [0, 0.05) is 18.8 Å². The molecule has 1 atom stereocenters. The summed E-state index contributed by atoms with van der Waals surface area (Å²) in [5, 5.41) is 9.00. The molecule has 0 bridgehead atoms. The first-order valence-electron chi connectivity index (χ1n) is 8.00. The number of fused-ring (bicyclic) bond motifs is 1. The third kappa shape index (κ3) is 3.89. The van der Waals surface area contributed by atoms with Gasteiger partial charge in [0.1, 0.15) is 25.1 Å². The second-order valence-electron chi connectivity index (χ2n) is 5.70. The third-order valence-corrected chi connectivity index (χ3v) is 5.96. The minimum Gasteiger partial charge on any atom is -0.491 e. The van der Waals surface area contributed by atoms with Crippen molar-refractivity contribution in [2.45, 2.75) is 23.9 Å². The molecular formula is C16H17FN4O5S. The molecule has 144 valence electrons. The van der Waals surface area contributed by atoms with E-state index in [2.05, 4.69) is 9.97 Å². The maximum absolute atomic E-state index is 13.1. The third-order valence-electron chi connectivity index (χ3n) is 4.09. The van der Waals surface area contributed by atoms with E-state index in [1.54, 1.807) is 0 Å². The molecule has 0 radical (unpaired) electrons. The minimum absolute atomic E-state index is 0.0213. The largest absolute Gasteiger partial charge is 0.491 e. The number of benzene rings is 1. The van der Waals surface area contributed by atoms with Crippen LogP contribution >= 0.6 is 0 Å². The molecular weight excluding hydrogens is 379 g/mol. The summed E-state index contributed by atoms with van der Waals surface area (Å²) in [6, 6.07) is 4.25. The number of hydrogen-bond donors (Lipinski definition) is 2. The van der Waals surface area contributed by atoms with Crippen LogP contribution < -0.4 is 10.2 Å². The second-order valence-corrected chi connectivity index (χ2v) is 7.60. The van der Waals surface area contributed by atoms with Crippen molar-refractivity contribution in [2.24, 2.45) is 0 Å². The number of halogens is 1. The van der Waals surface area contributed by atoms with Crippen LogP contribution in [0.4, 0.5) is 4.39 Å². The van der Waals surface area contributed by atoms with Crippen LogP contribution in [0, 0.1) is 0 Å². The van der Waals surface area contributed by atoms with E-state index in [-0.39, 0.29) is 24.5 Å². The van der Waals surface area contributed by atoms with E-state index in [0.29, 0.717) is 17.1 Å². The molecule has 9 nitrogen and oxygen atoms in total. The predicted octanol–water partition coefficient (Wildman–Crippen LogP) is 0.446. The molecule has 0 fully saturated rings. The van der Waals surface area contributed by atoms with E-state index < -0.39 is 28.6 Å². The fraction of sp³-hybridized carbons (Fsp3) is 0.312. The average Bonchev–Trinajstić information content (AvgIpc) is 2.71. The normalized spacial score (nSPS) is 17.2. The zero-order chi connectivity index (χ0) is 19.4. The molecule has 0 spiro atoms. The molecule has 27 heavy (non-hydrogen) atoms. The number of hydroxylamine groups is 1. The maximum Gasteiger partial charge on any atom is 0.262 e. The fourth-order valence-electron chi connectivity index (χ4n) is 2.79. The summed E-state index contributed by atoms with van der Waals surface area (Å²) in [6.07, 6.45) is 2.87. The Hall–Kier alpha value is -2.63. The predicted molar refractivity (Wildman–Crippen MR) is 90.1 cm³/mol. The minimum atomic E-state index is -4.08. The monoisotopic (exact) mass is 396 g/mol. The maximum atomic E-state index is 13.1. The lowest BCUT2D eigenvalue weighted by Gasteiger charge is -2.33. The molecule has 0 saturated carbocycles. The van der Waals surface area contributed by atoms with Crippen molar-refractivity contribution >= 4 is 15.9 Å². The van der Waals surface area contributed by atoms with Gasteiger partial charge in [-0.05, 0) is 24.3 Å². The standard InChI is InChI=1S/C16H17FN4O5S/c17-5-8-26-11-1-3-12(4-2-11)27(24,25)21-10-14-13(18-6-7-19-14)9-15(21)16(22)20-23/h1-4,6-7,15,23H,5,8-10H2,(H,20,22). The van der Waals surface area contributed by atoms with E-state index in [1.165, 1.54) is 42.1 Å². The van der Waals surface area contributed by atoms with Crippen molar-refractivity contribution in [3.8, 4) is 5.75 Å². The Bertz CT molecular complexity index is 923. The number of nitrogens with zero attached hydrogens (tertiary/aromatic N) is 3. The van der Waals surface area contributed by atoms with Gasteiger partial charge >= 0.3 is 0 Å². The van der Waals surface area contributed by atoms with Gasteiger partial charge in [0.05, 0.1) is 22.8 Å². The van der Waals surface area contributed by atoms with Crippen LogP contribution in [0.25, 0.3) is 0 Å². The second kappa shape index (κ2) is 7.94. The lowest BCUT2D eigenvalue weighted by atomic mass is 10.0. The SMILES string of the molecule is O=C(NO)C1Cc2nccnc2CN1S(=O)(=O)c1ccc(OCCF)cc1. The molecule has 11 heteroatoms. The summed E-state index contributed by atoms with van der Waals surface area (Å²) >= 11 is 0. The summed E-state index contributed by atoms with van der Waals surface area (Å²) in [5.74, 6) is -0.538. The smallest absolute Gasteiger partial charge is 0.262 e. The summed E-state index contributed by atoms with van der Waals surface area (Å²) in [7, 11) is -4.08. The zero-order valence-corrected chi connectivity index (χ0v) is 14.9. The number of carbonyl (C=O) groups is 1. The lowest BCUT2D eigenvalue weighted by molar-refractivity contribution is -0.133. The first kappa shape index (κ1) is 19.1. The van der Waals surface area contributed by atoms with Crippen molar-refractivity contribution in [3.05, 3.63) is 48.0 Å². The lowest BCUT2D eigenvalue weighted by Crippen LogP contribution is -2.52. The molecule has 3 rings (SSSR count). The Morgan fingerprint density at radius 1 is 1.26 bits per heavy atom. The Balaban J connectivity index is 1.94. The van der Waals surface area contributed by atoms with E-state index in [9.17, 15) is 17.6 Å². The summed E-state index contributed by atoms with van der Waals surface area (Å²) in [6.45, 7) is -0.956. The van der Waals surface area contributed by atoms with Gasteiger partial charge in [0.25, 0.3) is 5.91 Å². The van der Waals surface area contributed by atoms with Crippen LogP contribution in [0.1, 0.15) is 11.4 Å². The highest BCUT2D eigenvalue weighted by Crippen LogP contribution is 2.28. The van der Waals surface area contributed by atoms with Crippen molar-refractivity contribution < 1.29 is 27.5 Å². The molecule has 2 N–H and O–H groups in total. The fourth-order valence-corrected chi connectivity index (χ4v) is 4.34. The summed E-state index contributed by atoms with van der Waals surface area (Å²) in [4.78, 5) is 20.2. The van der Waals surface area contributed by atoms with E-state index in [1.807, 2.05) is 0 Å². The van der Waals surface area contributed by atoms with Gasteiger partial charge in [-0.25, -0.2) is 18.3 Å². The number of nitrogens with one attached hydrogen (secondary N) is 1. The number of alkyl halides is 1. The Labute approximate surface area is 154 Å². The highest BCUT2D eigenvalue weighted by atomic mass is 32.2. The Morgan fingerprint density at radius 3 is 2.56 bits per heavy atom. The van der Waals surface area contributed by atoms with Crippen LogP contribution in [-0.2, 0) is 27.8 Å². The van der Waals surface area contributed by atoms with Gasteiger partial charge in [0.15, 0.2) is 0 Å². The number of sulfonamides is 1. The number of rotatable bonds is 6. The van der Waals surface area contributed by atoms with Crippen LogP contribution in [0.2, 0.25) is 0 Å². The number of hydrogen-bond acceptors (Lipinski definition) is 7. The first-order chi connectivity index (χ1) is 13.0. The van der Waals surface area contributed by atoms with Crippen molar-refractivity contribution in [2.75, 3.05) is 13.3 Å². The Kier molecular flexibility index (Phi) is 5.63. The number of aromatic nitrogens is 2. The van der Waals surface area contributed by atoms with Gasteiger partial charge in [-0.15, -0.1) is 0 Å². The highest BCUT2D eigenvalue weighted by Gasteiger charge is 2.40. The van der Waals surface area contributed by atoms with Gasteiger partial charge < -0.3 is 4.74 Å². The van der Waals surface area contributed by atoms with E-state index >= 15 is 0 Å². The molecule has 1 aromatic carbocycles. The molecule has 1 amide bonds. The molecule has 1 aromatic heterocycles. The van der Waals surface area contributed by atoms with Crippen LogP contribution in [0.3, 0.4) is 0 Å². The van der Waals surface area contributed by atoms with Crippen LogP contribution in [0.5, 0.6) is 5.75 Å². The topological polar surface area (TPSA) is 122 Å². The molecule has 0 saturated heterocycles. The molecule has 2 aromatic rings. The van der Waals surface area contributed by atoms with Crippen molar-refractivity contribution in [1.82, 2.24) is 19.8 Å². The molecule has 2 heterocycles. The van der Waals surface area contributed by atoms with Gasteiger partial charge in [-0.2, -0.15) is 4.31 Å². The van der Waals surface area contributed by atoms with Gasteiger partial charge in [-0.3, -0.25) is 20.0 Å². The Morgan fingerprint density at radius 2 is 1.93 bits per heavy atom. The summed E-state index contributed by atoms with van der Waals surface area (Å²) < 4.78 is 44.4. The molecule has 0 aliphatic carbocycles. The molecule has 1 aliphatic rings.